The molecule has 0 aromatic carbocycles. The predicted octanol–water partition coefficient (Wildman–Crippen LogP) is 1.16. The molecule has 0 radical (unpaired) electrons. The first-order chi connectivity index (χ1) is 8.74. The smallest absolute Gasteiger partial charge is 0.226 e. The molecule has 1 saturated heterocycles. The molecule has 5 heteroatoms. The van der Waals surface area contributed by atoms with Crippen LogP contribution in [0, 0.1) is 17.8 Å². The normalized spacial score (nSPS) is 39.6. The Morgan fingerprint density at radius 3 is 2.56 bits per heavy atom. The molecule has 3 N–H and O–H groups in total. The molecule has 0 aromatic heterocycles. The van der Waals surface area contributed by atoms with E-state index >= 15 is 0 Å². The number of piperidine rings is 1. The molecule has 0 spiro atoms. The Morgan fingerprint density at radius 1 is 1.17 bits per heavy atom. The summed E-state index contributed by atoms with van der Waals surface area (Å²) in [5.41, 5.74) is 5.72. The maximum Gasteiger partial charge on any atom is 0.226 e. The minimum Gasteiger partial charge on any atom is -0.409 e. The van der Waals surface area contributed by atoms with Crippen molar-refractivity contribution in [1.29, 1.82) is 0 Å². The van der Waals surface area contributed by atoms with E-state index in [1.54, 1.807) is 0 Å². The Bertz CT molecular complexity index is 372. The standard InChI is InChI=1S/C13H21N3O2/c14-12(15-18)10-6-1-2-7-16(10)13(17)11-8-4-3-5-9(8)11/h8-11,18H,1-7H2,(H2,14,15). The number of nitrogens with zero attached hydrogens (tertiary/aromatic N) is 2. The van der Waals surface area contributed by atoms with Crippen molar-refractivity contribution in [3.05, 3.63) is 0 Å². The van der Waals surface area contributed by atoms with Crippen LogP contribution in [0.2, 0.25) is 0 Å². The van der Waals surface area contributed by atoms with Gasteiger partial charge in [0.2, 0.25) is 5.91 Å². The van der Waals surface area contributed by atoms with Gasteiger partial charge >= 0.3 is 0 Å². The van der Waals surface area contributed by atoms with Crippen molar-refractivity contribution in [3.8, 4) is 0 Å². The first-order valence-corrected chi connectivity index (χ1v) is 7.02. The third-order valence-electron chi connectivity index (χ3n) is 4.93. The van der Waals surface area contributed by atoms with Gasteiger partial charge in [-0.05, 0) is 43.9 Å². The van der Waals surface area contributed by atoms with Crippen molar-refractivity contribution < 1.29 is 10.0 Å². The van der Waals surface area contributed by atoms with E-state index in [1.165, 1.54) is 19.3 Å². The fraction of sp³-hybridized carbons (Fsp3) is 0.846. The summed E-state index contributed by atoms with van der Waals surface area (Å²) < 4.78 is 0. The van der Waals surface area contributed by atoms with Crippen LogP contribution in [0.3, 0.4) is 0 Å². The molecule has 2 saturated carbocycles. The van der Waals surface area contributed by atoms with Crippen LogP contribution in [0.5, 0.6) is 0 Å². The number of hydrogen-bond acceptors (Lipinski definition) is 3. The molecule has 5 nitrogen and oxygen atoms in total. The second-order valence-electron chi connectivity index (χ2n) is 5.85. The molecule has 3 rings (SSSR count). The number of amidine groups is 1. The summed E-state index contributed by atoms with van der Waals surface area (Å²) in [7, 11) is 0. The molecule has 18 heavy (non-hydrogen) atoms. The van der Waals surface area contributed by atoms with Crippen LogP contribution in [0.15, 0.2) is 5.16 Å². The van der Waals surface area contributed by atoms with E-state index < -0.39 is 0 Å². The molecule has 3 unspecified atom stereocenters. The summed E-state index contributed by atoms with van der Waals surface area (Å²) in [5, 5.41) is 11.9. The lowest BCUT2D eigenvalue weighted by atomic mass is 9.99. The van der Waals surface area contributed by atoms with Crippen LogP contribution < -0.4 is 5.73 Å². The highest BCUT2D eigenvalue weighted by atomic mass is 16.4. The van der Waals surface area contributed by atoms with Crippen molar-refractivity contribution in [2.24, 2.45) is 28.6 Å². The summed E-state index contributed by atoms with van der Waals surface area (Å²) in [6, 6.07) is -0.183. The lowest BCUT2D eigenvalue weighted by Gasteiger charge is -2.35. The number of rotatable bonds is 2. The average Bonchev–Trinajstić information content (AvgIpc) is 2.89. The number of carbonyl (C=O) groups excluding carboxylic acids is 1. The van der Waals surface area contributed by atoms with Crippen LogP contribution in [0.1, 0.15) is 38.5 Å². The van der Waals surface area contributed by atoms with Gasteiger partial charge in [0.05, 0.1) is 6.04 Å². The van der Waals surface area contributed by atoms with Crippen molar-refractivity contribution in [2.75, 3.05) is 6.54 Å². The number of likely N-dealkylation sites (tertiary alicyclic amines) is 1. The second kappa shape index (κ2) is 4.44. The molecule has 1 aliphatic heterocycles. The molecular weight excluding hydrogens is 230 g/mol. The first-order valence-electron chi connectivity index (χ1n) is 7.02. The zero-order valence-electron chi connectivity index (χ0n) is 10.6. The van der Waals surface area contributed by atoms with Gasteiger partial charge in [0.1, 0.15) is 0 Å². The van der Waals surface area contributed by atoms with Gasteiger partial charge in [0.15, 0.2) is 5.84 Å². The molecule has 0 bridgehead atoms. The maximum atomic E-state index is 12.5. The molecule has 3 aliphatic rings. The molecule has 1 heterocycles. The fourth-order valence-corrected chi connectivity index (χ4v) is 3.95. The van der Waals surface area contributed by atoms with Crippen LogP contribution in [-0.4, -0.2) is 34.4 Å². The summed E-state index contributed by atoms with van der Waals surface area (Å²) in [6.07, 6.45) is 6.60. The SMILES string of the molecule is NC(=NO)C1CCCCN1C(=O)C1C2CCCC21. The second-order valence-corrected chi connectivity index (χ2v) is 5.85. The average molecular weight is 251 g/mol. The van der Waals surface area contributed by atoms with E-state index in [0.29, 0.717) is 11.8 Å². The lowest BCUT2D eigenvalue weighted by Crippen LogP contribution is -2.51. The maximum absolute atomic E-state index is 12.5. The Labute approximate surface area is 107 Å². The summed E-state index contributed by atoms with van der Waals surface area (Å²) >= 11 is 0. The number of oxime groups is 1. The van der Waals surface area contributed by atoms with Crippen LogP contribution >= 0.6 is 0 Å². The Balaban J connectivity index is 1.71. The lowest BCUT2D eigenvalue weighted by molar-refractivity contribution is -0.135. The zero-order valence-corrected chi connectivity index (χ0v) is 10.6. The van der Waals surface area contributed by atoms with Crippen LogP contribution in [-0.2, 0) is 4.79 Å². The van der Waals surface area contributed by atoms with E-state index in [9.17, 15) is 4.79 Å². The van der Waals surface area contributed by atoms with Gasteiger partial charge in [0, 0.05) is 12.5 Å². The molecular formula is C13H21N3O2. The van der Waals surface area contributed by atoms with Gasteiger partial charge in [-0.1, -0.05) is 11.6 Å². The minimum atomic E-state index is -0.183. The van der Waals surface area contributed by atoms with Gasteiger partial charge in [-0.2, -0.15) is 0 Å². The summed E-state index contributed by atoms with van der Waals surface area (Å²) in [6.45, 7) is 0.760. The number of fused-ring (bicyclic) bond motifs is 1. The number of hydrogen-bond donors (Lipinski definition) is 2. The predicted molar refractivity (Wildman–Crippen MR) is 67.1 cm³/mol. The summed E-state index contributed by atoms with van der Waals surface area (Å²) in [4.78, 5) is 14.4. The van der Waals surface area contributed by atoms with Gasteiger partial charge < -0.3 is 15.8 Å². The molecule has 1 amide bonds. The zero-order chi connectivity index (χ0) is 12.7. The highest BCUT2D eigenvalue weighted by Gasteiger charge is 2.58. The topological polar surface area (TPSA) is 78.9 Å². The van der Waals surface area contributed by atoms with Gasteiger partial charge in [-0.15, -0.1) is 0 Å². The van der Waals surface area contributed by atoms with Crippen molar-refractivity contribution >= 4 is 11.7 Å². The van der Waals surface area contributed by atoms with Crippen molar-refractivity contribution in [3.63, 3.8) is 0 Å². The number of amides is 1. The molecule has 0 aromatic rings. The third kappa shape index (κ3) is 1.76. The van der Waals surface area contributed by atoms with Gasteiger partial charge in [-0.25, -0.2) is 0 Å². The van der Waals surface area contributed by atoms with Crippen LogP contribution in [0.4, 0.5) is 0 Å². The van der Waals surface area contributed by atoms with Gasteiger partial charge in [-0.3, -0.25) is 4.79 Å². The fourth-order valence-electron chi connectivity index (χ4n) is 3.95. The Hall–Kier alpha value is -1.26. The Morgan fingerprint density at radius 2 is 1.89 bits per heavy atom. The summed E-state index contributed by atoms with van der Waals surface area (Å²) in [5.74, 6) is 1.94. The number of carbonyl (C=O) groups is 1. The van der Waals surface area contributed by atoms with E-state index in [0.717, 1.165) is 25.8 Å². The van der Waals surface area contributed by atoms with E-state index in [-0.39, 0.29) is 23.7 Å². The third-order valence-corrected chi connectivity index (χ3v) is 4.93. The molecule has 3 fully saturated rings. The monoisotopic (exact) mass is 251 g/mol. The first kappa shape index (κ1) is 11.8. The molecule has 2 aliphatic carbocycles. The van der Waals surface area contributed by atoms with E-state index in [4.69, 9.17) is 10.9 Å². The van der Waals surface area contributed by atoms with Crippen molar-refractivity contribution in [1.82, 2.24) is 4.90 Å². The molecule has 3 atom stereocenters. The largest absolute Gasteiger partial charge is 0.409 e. The molecule has 100 valence electrons. The minimum absolute atomic E-state index is 0.183. The highest BCUT2D eigenvalue weighted by Crippen LogP contribution is 2.58. The Kier molecular flexibility index (Phi) is 2.92. The van der Waals surface area contributed by atoms with E-state index in [2.05, 4.69) is 5.16 Å². The van der Waals surface area contributed by atoms with Crippen LogP contribution in [0.25, 0.3) is 0 Å². The number of nitrogens with two attached hydrogens (primary N) is 1. The van der Waals surface area contributed by atoms with Gasteiger partial charge in [0.25, 0.3) is 0 Å². The van der Waals surface area contributed by atoms with Crippen molar-refractivity contribution in [2.45, 2.75) is 44.6 Å². The highest BCUT2D eigenvalue weighted by molar-refractivity contribution is 5.92. The van der Waals surface area contributed by atoms with E-state index in [1.807, 2.05) is 4.90 Å². The quantitative estimate of drug-likeness (QED) is 0.334.